The number of nitrogens with two attached hydrogens (primary N) is 1. The molecule has 0 aromatic carbocycles. The zero-order chi connectivity index (χ0) is 12.4. The van der Waals surface area contributed by atoms with Crippen molar-refractivity contribution >= 4 is 17.5 Å². The van der Waals surface area contributed by atoms with Crippen LogP contribution in [0.1, 0.15) is 29.8 Å². The van der Waals surface area contributed by atoms with Gasteiger partial charge in [0.2, 0.25) is 0 Å². The van der Waals surface area contributed by atoms with Gasteiger partial charge in [-0.15, -0.1) is 0 Å². The number of hydrogen-bond acceptors (Lipinski definition) is 2. The molecular weight excluding hydrogens is 238 g/mol. The summed E-state index contributed by atoms with van der Waals surface area (Å²) in [5, 5.41) is 3.63. The van der Waals surface area contributed by atoms with Gasteiger partial charge in [0.15, 0.2) is 0 Å². The highest BCUT2D eigenvalue weighted by Gasteiger charge is 2.28. The fourth-order valence-electron chi connectivity index (χ4n) is 2.50. The van der Waals surface area contributed by atoms with E-state index < -0.39 is 0 Å². The fourth-order valence-corrected chi connectivity index (χ4v) is 2.75. The predicted molar refractivity (Wildman–Crippen MR) is 68.1 cm³/mol. The summed E-state index contributed by atoms with van der Waals surface area (Å²) in [5.74, 6) is 0.347. The van der Waals surface area contributed by atoms with E-state index in [9.17, 15) is 4.79 Å². The molecule has 2 atom stereocenters. The van der Waals surface area contributed by atoms with Crippen molar-refractivity contribution in [3.05, 3.63) is 23.0 Å². The van der Waals surface area contributed by atoms with Crippen molar-refractivity contribution in [1.29, 1.82) is 0 Å². The monoisotopic (exact) mass is 255 g/mol. The number of amides is 1. The minimum atomic E-state index is -0.0650. The smallest absolute Gasteiger partial charge is 0.268 e. The number of rotatable bonds is 3. The molecule has 2 rings (SSSR count). The molecule has 0 radical (unpaired) electrons. The van der Waals surface area contributed by atoms with Crippen LogP contribution in [-0.2, 0) is 7.05 Å². The Hall–Kier alpha value is -1.00. The van der Waals surface area contributed by atoms with Crippen molar-refractivity contribution in [3.63, 3.8) is 0 Å². The van der Waals surface area contributed by atoms with E-state index in [1.165, 1.54) is 0 Å². The van der Waals surface area contributed by atoms with Crippen LogP contribution in [0.4, 0.5) is 0 Å². The van der Waals surface area contributed by atoms with E-state index >= 15 is 0 Å². The quantitative estimate of drug-likeness (QED) is 0.861. The van der Waals surface area contributed by atoms with Crippen LogP contribution in [0.15, 0.2) is 12.3 Å². The van der Waals surface area contributed by atoms with Gasteiger partial charge in [-0.3, -0.25) is 4.79 Å². The summed E-state index contributed by atoms with van der Waals surface area (Å²) >= 11 is 5.86. The lowest BCUT2D eigenvalue weighted by atomic mass is 10.0. The molecule has 1 heterocycles. The normalized spacial score (nSPS) is 23.9. The summed E-state index contributed by atoms with van der Waals surface area (Å²) in [6.07, 6.45) is 4.99. The van der Waals surface area contributed by atoms with Gasteiger partial charge in [0, 0.05) is 19.3 Å². The number of halogens is 1. The second kappa shape index (κ2) is 5.10. The molecule has 1 amide bonds. The molecule has 1 aliphatic carbocycles. The summed E-state index contributed by atoms with van der Waals surface area (Å²) in [6, 6.07) is 1.89. The lowest BCUT2D eigenvalue weighted by Gasteiger charge is -2.19. The highest BCUT2D eigenvalue weighted by Crippen LogP contribution is 2.25. The largest absolute Gasteiger partial charge is 0.348 e. The molecule has 17 heavy (non-hydrogen) atoms. The van der Waals surface area contributed by atoms with Gasteiger partial charge >= 0.3 is 0 Å². The van der Waals surface area contributed by atoms with E-state index in [4.69, 9.17) is 17.3 Å². The summed E-state index contributed by atoms with van der Waals surface area (Å²) in [4.78, 5) is 12.1. The van der Waals surface area contributed by atoms with Crippen molar-refractivity contribution in [2.45, 2.75) is 25.3 Å². The molecule has 0 aliphatic heterocycles. The van der Waals surface area contributed by atoms with Crippen LogP contribution < -0.4 is 11.1 Å². The summed E-state index contributed by atoms with van der Waals surface area (Å²) in [6.45, 7) is 0.638. The van der Waals surface area contributed by atoms with Crippen LogP contribution in [0.5, 0.6) is 0 Å². The third-order valence-corrected chi connectivity index (χ3v) is 3.69. The Morgan fingerprint density at radius 2 is 2.41 bits per heavy atom. The zero-order valence-electron chi connectivity index (χ0n) is 9.95. The molecule has 0 saturated heterocycles. The number of carbonyl (C=O) groups is 1. The molecule has 3 N–H and O–H groups in total. The molecule has 1 fully saturated rings. The third kappa shape index (κ3) is 2.64. The Kier molecular flexibility index (Phi) is 3.74. The molecule has 0 spiro atoms. The first-order valence-electron chi connectivity index (χ1n) is 5.94. The van der Waals surface area contributed by atoms with Gasteiger partial charge in [0.1, 0.15) is 5.69 Å². The van der Waals surface area contributed by atoms with Crippen molar-refractivity contribution in [3.8, 4) is 0 Å². The predicted octanol–water partition coefficient (Wildman–Crippen LogP) is 1.54. The topological polar surface area (TPSA) is 60.0 Å². The van der Waals surface area contributed by atoms with E-state index in [-0.39, 0.29) is 11.9 Å². The van der Waals surface area contributed by atoms with Crippen LogP contribution >= 0.6 is 11.6 Å². The molecule has 1 aromatic heterocycles. The maximum atomic E-state index is 12.1. The minimum Gasteiger partial charge on any atom is -0.348 e. The molecule has 5 heteroatoms. The van der Waals surface area contributed by atoms with E-state index in [1.54, 1.807) is 16.8 Å². The lowest BCUT2D eigenvalue weighted by Crippen LogP contribution is -2.40. The Morgan fingerprint density at radius 3 is 3.00 bits per heavy atom. The maximum absolute atomic E-state index is 12.1. The first kappa shape index (κ1) is 12.5. The average molecular weight is 256 g/mol. The Morgan fingerprint density at radius 1 is 1.65 bits per heavy atom. The van der Waals surface area contributed by atoms with E-state index in [0.717, 1.165) is 19.3 Å². The van der Waals surface area contributed by atoms with Crippen molar-refractivity contribution < 1.29 is 4.79 Å². The van der Waals surface area contributed by atoms with Gasteiger partial charge in [-0.1, -0.05) is 18.0 Å². The molecule has 4 nitrogen and oxygen atoms in total. The molecule has 0 bridgehead atoms. The van der Waals surface area contributed by atoms with Gasteiger partial charge in [-0.25, -0.2) is 0 Å². The Bertz CT molecular complexity index is 416. The molecule has 94 valence electrons. The van der Waals surface area contributed by atoms with Gasteiger partial charge in [0.05, 0.1) is 5.02 Å². The van der Waals surface area contributed by atoms with Crippen LogP contribution in [0.2, 0.25) is 5.02 Å². The van der Waals surface area contributed by atoms with Crippen LogP contribution in [0, 0.1) is 5.92 Å². The van der Waals surface area contributed by atoms with E-state index in [2.05, 4.69) is 5.32 Å². The second-order valence-electron chi connectivity index (χ2n) is 4.66. The van der Waals surface area contributed by atoms with Crippen LogP contribution in [0.3, 0.4) is 0 Å². The Labute approximate surface area is 106 Å². The molecule has 1 aromatic rings. The maximum Gasteiger partial charge on any atom is 0.268 e. The first-order valence-corrected chi connectivity index (χ1v) is 6.32. The van der Waals surface area contributed by atoms with Gasteiger partial charge in [-0.05, 0) is 31.4 Å². The summed E-state index contributed by atoms with van der Waals surface area (Å²) in [7, 11) is 1.82. The number of aromatic nitrogens is 1. The van der Waals surface area contributed by atoms with Crippen molar-refractivity contribution in [2.75, 3.05) is 6.54 Å². The van der Waals surface area contributed by atoms with Crippen LogP contribution in [-0.4, -0.2) is 23.1 Å². The SMILES string of the molecule is Cn1cc(Cl)cc1C(=O)NC1CCCC1CN. The number of nitrogens with one attached hydrogen (secondary N) is 1. The number of aryl methyl sites for hydroxylation is 1. The highest BCUT2D eigenvalue weighted by molar-refractivity contribution is 6.31. The highest BCUT2D eigenvalue weighted by atomic mass is 35.5. The van der Waals surface area contributed by atoms with Gasteiger partial charge in [0.25, 0.3) is 5.91 Å². The van der Waals surface area contributed by atoms with E-state index in [1.807, 2.05) is 7.05 Å². The fraction of sp³-hybridized carbons (Fsp3) is 0.583. The minimum absolute atomic E-state index is 0.0650. The number of hydrogen-bond donors (Lipinski definition) is 2. The second-order valence-corrected chi connectivity index (χ2v) is 5.10. The summed E-state index contributed by atoms with van der Waals surface area (Å²) in [5.41, 5.74) is 6.29. The van der Waals surface area contributed by atoms with Gasteiger partial charge in [-0.2, -0.15) is 0 Å². The van der Waals surface area contributed by atoms with Crippen molar-refractivity contribution in [1.82, 2.24) is 9.88 Å². The first-order chi connectivity index (χ1) is 8.11. The molecule has 1 aliphatic rings. The zero-order valence-corrected chi connectivity index (χ0v) is 10.7. The van der Waals surface area contributed by atoms with E-state index in [0.29, 0.717) is 23.2 Å². The third-order valence-electron chi connectivity index (χ3n) is 3.48. The average Bonchev–Trinajstić information content (AvgIpc) is 2.84. The molecular formula is C12H18ClN3O. The Balaban J connectivity index is 2.04. The van der Waals surface area contributed by atoms with Crippen LogP contribution in [0.25, 0.3) is 0 Å². The molecule has 1 saturated carbocycles. The number of carbonyl (C=O) groups excluding carboxylic acids is 1. The van der Waals surface area contributed by atoms with Gasteiger partial charge < -0.3 is 15.6 Å². The lowest BCUT2D eigenvalue weighted by molar-refractivity contribution is 0.0920. The van der Waals surface area contributed by atoms with Crippen molar-refractivity contribution in [2.24, 2.45) is 18.7 Å². The standard InChI is InChI=1S/C12H18ClN3O/c1-16-7-9(13)5-11(16)12(17)15-10-4-2-3-8(10)6-14/h5,7-8,10H,2-4,6,14H2,1H3,(H,15,17). The number of nitrogens with zero attached hydrogens (tertiary/aromatic N) is 1. The molecule has 2 unspecified atom stereocenters. The summed E-state index contributed by atoms with van der Waals surface area (Å²) < 4.78 is 1.74.